The van der Waals surface area contributed by atoms with Gasteiger partial charge in [0.05, 0.1) is 0 Å². The van der Waals surface area contributed by atoms with Crippen molar-refractivity contribution in [2.45, 2.75) is 0 Å². The summed E-state index contributed by atoms with van der Waals surface area (Å²) < 4.78 is 0. The molecule has 0 bridgehead atoms. The third kappa shape index (κ3) is 2.50. The highest BCUT2D eigenvalue weighted by molar-refractivity contribution is 5.92. The predicted molar refractivity (Wildman–Crippen MR) is 81.0 cm³/mol. The minimum absolute atomic E-state index is 0.292. The number of hydrogen-bond donors (Lipinski definition) is 1. The van der Waals surface area contributed by atoms with E-state index in [4.69, 9.17) is 0 Å². The van der Waals surface area contributed by atoms with Gasteiger partial charge >= 0.3 is 0 Å². The largest absolute Gasteiger partial charge is 0.508 e. The standard InChI is InChI=1S/C18H14O/c19-17-9-3-5-14(13-17)11-12-16-8-4-7-15-6-1-2-10-18(15)16/h1-13,19H/b12-11-. The average molecular weight is 246 g/mol. The Bertz CT molecular complexity index is 736. The molecule has 1 N–H and O–H groups in total. The number of phenolic OH excluding ortho intramolecular Hbond substituents is 1. The van der Waals surface area contributed by atoms with Crippen LogP contribution in [0.5, 0.6) is 5.75 Å². The summed E-state index contributed by atoms with van der Waals surface area (Å²) in [6, 6.07) is 21.8. The molecule has 0 saturated heterocycles. The van der Waals surface area contributed by atoms with E-state index < -0.39 is 0 Å². The molecule has 0 aliphatic rings. The van der Waals surface area contributed by atoms with Gasteiger partial charge in [-0.05, 0) is 34.0 Å². The molecule has 0 amide bonds. The van der Waals surface area contributed by atoms with Crippen LogP contribution in [0.15, 0.2) is 66.7 Å². The van der Waals surface area contributed by atoms with Crippen molar-refractivity contribution in [2.75, 3.05) is 0 Å². The second-order valence-electron chi connectivity index (χ2n) is 4.50. The Kier molecular flexibility index (Phi) is 3.03. The van der Waals surface area contributed by atoms with Crippen LogP contribution < -0.4 is 0 Å². The smallest absolute Gasteiger partial charge is 0.116 e. The topological polar surface area (TPSA) is 20.2 Å². The number of benzene rings is 3. The molecule has 0 spiro atoms. The van der Waals surface area contributed by atoms with E-state index in [2.05, 4.69) is 36.4 Å². The predicted octanol–water partition coefficient (Wildman–Crippen LogP) is 4.72. The lowest BCUT2D eigenvalue weighted by atomic mass is 10.0. The highest BCUT2D eigenvalue weighted by atomic mass is 16.3. The van der Waals surface area contributed by atoms with Crippen LogP contribution >= 0.6 is 0 Å². The van der Waals surface area contributed by atoms with Crippen molar-refractivity contribution in [3.63, 3.8) is 0 Å². The van der Waals surface area contributed by atoms with E-state index in [1.165, 1.54) is 16.3 Å². The third-order valence-electron chi connectivity index (χ3n) is 3.15. The van der Waals surface area contributed by atoms with E-state index in [0.29, 0.717) is 5.75 Å². The Morgan fingerprint density at radius 3 is 2.42 bits per heavy atom. The van der Waals surface area contributed by atoms with Crippen molar-refractivity contribution in [3.05, 3.63) is 77.9 Å². The first-order valence-corrected chi connectivity index (χ1v) is 6.28. The maximum Gasteiger partial charge on any atom is 0.116 e. The summed E-state index contributed by atoms with van der Waals surface area (Å²) in [6.45, 7) is 0. The normalized spacial score (nSPS) is 11.2. The molecule has 0 saturated carbocycles. The number of hydrogen-bond acceptors (Lipinski definition) is 1. The lowest BCUT2D eigenvalue weighted by Crippen LogP contribution is -1.77. The Labute approximate surface area is 112 Å². The molecule has 92 valence electrons. The summed E-state index contributed by atoms with van der Waals surface area (Å²) in [7, 11) is 0. The van der Waals surface area contributed by atoms with Crippen LogP contribution in [0.4, 0.5) is 0 Å². The van der Waals surface area contributed by atoms with Crippen LogP contribution in [0.25, 0.3) is 22.9 Å². The third-order valence-corrected chi connectivity index (χ3v) is 3.15. The lowest BCUT2D eigenvalue weighted by Gasteiger charge is -2.01. The van der Waals surface area contributed by atoms with E-state index >= 15 is 0 Å². The second-order valence-corrected chi connectivity index (χ2v) is 4.50. The van der Waals surface area contributed by atoms with Crippen molar-refractivity contribution < 1.29 is 5.11 Å². The van der Waals surface area contributed by atoms with E-state index in [1.54, 1.807) is 12.1 Å². The van der Waals surface area contributed by atoms with Crippen molar-refractivity contribution in [1.82, 2.24) is 0 Å². The molecule has 1 nitrogen and oxygen atoms in total. The van der Waals surface area contributed by atoms with Crippen molar-refractivity contribution >= 4 is 22.9 Å². The van der Waals surface area contributed by atoms with Crippen LogP contribution in [0.3, 0.4) is 0 Å². The fourth-order valence-corrected chi connectivity index (χ4v) is 2.21. The lowest BCUT2D eigenvalue weighted by molar-refractivity contribution is 0.475. The van der Waals surface area contributed by atoms with Gasteiger partial charge in [0.15, 0.2) is 0 Å². The summed E-state index contributed by atoms with van der Waals surface area (Å²) in [5.41, 5.74) is 2.18. The van der Waals surface area contributed by atoms with Gasteiger partial charge in [-0.1, -0.05) is 66.7 Å². The number of rotatable bonds is 2. The minimum Gasteiger partial charge on any atom is -0.508 e. The molecule has 0 radical (unpaired) electrons. The maximum absolute atomic E-state index is 9.45. The van der Waals surface area contributed by atoms with E-state index in [1.807, 2.05) is 30.3 Å². The zero-order valence-corrected chi connectivity index (χ0v) is 10.5. The Balaban J connectivity index is 2.02. The molecule has 0 unspecified atom stereocenters. The molecular formula is C18H14O. The number of phenols is 1. The molecule has 3 aromatic carbocycles. The molecule has 0 aromatic heterocycles. The summed E-state index contributed by atoms with van der Waals surface area (Å²) in [5.74, 6) is 0.292. The van der Waals surface area contributed by atoms with Crippen LogP contribution in [0, 0.1) is 0 Å². The van der Waals surface area contributed by atoms with E-state index in [-0.39, 0.29) is 0 Å². The molecule has 0 aliphatic heterocycles. The molecule has 0 heterocycles. The van der Waals surface area contributed by atoms with E-state index in [9.17, 15) is 5.11 Å². The van der Waals surface area contributed by atoms with E-state index in [0.717, 1.165) is 5.56 Å². The van der Waals surface area contributed by atoms with Crippen molar-refractivity contribution in [3.8, 4) is 5.75 Å². The molecule has 0 aliphatic carbocycles. The Hall–Kier alpha value is -2.54. The van der Waals surface area contributed by atoms with Crippen LogP contribution in [-0.4, -0.2) is 5.11 Å². The van der Waals surface area contributed by atoms with Crippen molar-refractivity contribution in [1.29, 1.82) is 0 Å². The first kappa shape index (κ1) is 11.5. The summed E-state index contributed by atoms with van der Waals surface area (Å²) >= 11 is 0. The quantitative estimate of drug-likeness (QED) is 0.649. The fourth-order valence-electron chi connectivity index (χ4n) is 2.21. The SMILES string of the molecule is Oc1cccc(/C=C\c2cccc3ccccc23)c1. The zero-order valence-electron chi connectivity index (χ0n) is 10.5. The molecule has 3 aromatic rings. The minimum atomic E-state index is 0.292. The molecular weight excluding hydrogens is 232 g/mol. The molecule has 0 fully saturated rings. The Morgan fingerprint density at radius 2 is 1.53 bits per heavy atom. The Morgan fingerprint density at radius 1 is 0.737 bits per heavy atom. The first-order chi connectivity index (χ1) is 9.33. The van der Waals surface area contributed by atoms with Gasteiger partial charge in [0, 0.05) is 0 Å². The second kappa shape index (κ2) is 4.99. The highest BCUT2D eigenvalue weighted by Crippen LogP contribution is 2.21. The van der Waals surface area contributed by atoms with Gasteiger partial charge in [-0.3, -0.25) is 0 Å². The van der Waals surface area contributed by atoms with Gasteiger partial charge in [-0.25, -0.2) is 0 Å². The molecule has 3 rings (SSSR count). The summed E-state index contributed by atoms with van der Waals surface area (Å²) in [5, 5.41) is 11.9. The maximum atomic E-state index is 9.45. The van der Waals surface area contributed by atoms with Crippen LogP contribution in [-0.2, 0) is 0 Å². The summed E-state index contributed by atoms with van der Waals surface area (Å²) in [6.07, 6.45) is 4.10. The average Bonchev–Trinajstić information content (AvgIpc) is 2.45. The van der Waals surface area contributed by atoms with Crippen molar-refractivity contribution in [2.24, 2.45) is 0 Å². The molecule has 19 heavy (non-hydrogen) atoms. The van der Waals surface area contributed by atoms with Gasteiger partial charge in [0.25, 0.3) is 0 Å². The van der Waals surface area contributed by atoms with Crippen LogP contribution in [0.2, 0.25) is 0 Å². The van der Waals surface area contributed by atoms with Gasteiger partial charge in [0.2, 0.25) is 0 Å². The molecule has 1 heteroatoms. The van der Waals surface area contributed by atoms with Crippen LogP contribution in [0.1, 0.15) is 11.1 Å². The van der Waals surface area contributed by atoms with Gasteiger partial charge in [0.1, 0.15) is 5.75 Å². The van der Waals surface area contributed by atoms with Gasteiger partial charge in [-0.15, -0.1) is 0 Å². The highest BCUT2D eigenvalue weighted by Gasteiger charge is 1.96. The van der Waals surface area contributed by atoms with Gasteiger partial charge < -0.3 is 5.11 Å². The number of fused-ring (bicyclic) bond motifs is 1. The molecule has 0 atom stereocenters. The zero-order chi connectivity index (χ0) is 13.1. The number of aromatic hydroxyl groups is 1. The first-order valence-electron chi connectivity index (χ1n) is 6.28. The monoisotopic (exact) mass is 246 g/mol. The summed E-state index contributed by atoms with van der Waals surface area (Å²) in [4.78, 5) is 0. The fraction of sp³-hybridized carbons (Fsp3) is 0. The van der Waals surface area contributed by atoms with Gasteiger partial charge in [-0.2, -0.15) is 0 Å².